The number of aryl methyl sites for hydroxylation is 1. The van der Waals surface area contributed by atoms with Gasteiger partial charge in [-0.25, -0.2) is 4.79 Å². The van der Waals surface area contributed by atoms with Crippen molar-refractivity contribution in [2.75, 3.05) is 33.0 Å². The number of fused-ring (bicyclic) bond motifs is 1. The van der Waals surface area contributed by atoms with Gasteiger partial charge in [-0.15, -0.1) is 0 Å². The molecule has 0 radical (unpaired) electrons. The van der Waals surface area contributed by atoms with Crippen molar-refractivity contribution in [3.8, 4) is 11.5 Å². The van der Waals surface area contributed by atoms with Crippen molar-refractivity contribution in [2.45, 2.75) is 40.3 Å². The average molecular weight is 474 g/mol. The second kappa shape index (κ2) is 12.0. The summed E-state index contributed by atoms with van der Waals surface area (Å²) in [5.74, 6) is 1.89. The van der Waals surface area contributed by atoms with Crippen LogP contribution in [-0.2, 0) is 27.4 Å². The first-order valence-electron chi connectivity index (χ1n) is 11.3. The molecule has 0 bridgehead atoms. The normalized spacial score (nSPS) is 11.7. The second-order valence-corrected chi connectivity index (χ2v) is 7.84. The number of ether oxygens (including phenoxy) is 3. The third-order valence-electron chi connectivity index (χ3n) is 5.10. The molecule has 1 aromatic carbocycles. The first kappa shape index (κ1) is 24.9. The summed E-state index contributed by atoms with van der Waals surface area (Å²) in [6, 6.07) is 8.68. The first-order valence-corrected chi connectivity index (χ1v) is 11.3. The Labute approximate surface area is 198 Å². The zero-order valence-corrected chi connectivity index (χ0v) is 19.8. The highest BCUT2D eigenvalue weighted by molar-refractivity contribution is 5.86. The molecule has 1 aliphatic rings. The molecule has 34 heavy (non-hydrogen) atoms. The molecule has 0 atom stereocenters. The number of amides is 3. The molecule has 0 unspecified atom stereocenters. The SMILES string of the molecule is CCCN(CC(=O)N(Cc1ccc2c(c1)OCO2)Cc1ccc(C)o1)C(=O)NCC(=O)OCC. The van der Waals surface area contributed by atoms with Crippen LogP contribution >= 0.6 is 0 Å². The number of carbonyl (C=O) groups excluding carboxylic acids is 3. The maximum absolute atomic E-state index is 13.3. The molecule has 3 amide bonds. The van der Waals surface area contributed by atoms with Crippen LogP contribution in [0.4, 0.5) is 4.79 Å². The smallest absolute Gasteiger partial charge is 0.325 e. The Morgan fingerprint density at radius 1 is 1.03 bits per heavy atom. The van der Waals surface area contributed by atoms with Crippen molar-refractivity contribution in [3.63, 3.8) is 0 Å². The van der Waals surface area contributed by atoms with Gasteiger partial charge in [0.2, 0.25) is 12.7 Å². The van der Waals surface area contributed by atoms with E-state index in [0.29, 0.717) is 36.8 Å². The third kappa shape index (κ3) is 6.90. The number of rotatable bonds is 11. The summed E-state index contributed by atoms with van der Waals surface area (Å²) in [5, 5.41) is 2.52. The molecule has 1 aliphatic heterocycles. The Kier molecular flexibility index (Phi) is 8.78. The summed E-state index contributed by atoms with van der Waals surface area (Å²) in [7, 11) is 0. The summed E-state index contributed by atoms with van der Waals surface area (Å²) in [5.41, 5.74) is 0.856. The number of benzene rings is 1. The predicted octanol–water partition coefficient (Wildman–Crippen LogP) is 2.83. The Hall–Kier alpha value is -3.69. The minimum absolute atomic E-state index is 0.146. The molecule has 0 saturated carbocycles. The fourth-order valence-corrected chi connectivity index (χ4v) is 3.51. The lowest BCUT2D eigenvalue weighted by Gasteiger charge is -2.27. The lowest BCUT2D eigenvalue weighted by molar-refractivity contribution is -0.141. The van der Waals surface area contributed by atoms with Gasteiger partial charge in [0, 0.05) is 13.1 Å². The topological polar surface area (TPSA) is 111 Å². The van der Waals surface area contributed by atoms with Gasteiger partial charge in [0.25, 0.3) is 0 Å². The van der Waals surface area contributed by atoms with Crippen LogP contribution in [-0.4, -0.2) is 60.7 Å². The molecule has 3 rings (SSSR count). The maximum atomic E-state index is 13.3. The fourth-order valence-electron chi connectivity index (χ4n) is 3.51. The highest BCUT2D eigenvalue weighted by atomic mass is 16.7. The lowest BCUT2D eigenvalue weighted by atomic mass is 10.2. The molecular formula is C24H31N3O7. The Morgan fingerprint density at radius 2 is 1.82 bits per heavy atom. The first-order chi connectivity index (χ1) is 16.4. The van der Waals surface area contributed by atoms with Crippen molar-refractivity contribution in [1.29, 1.82) is 0 Å². The number of furan rings is 1. The van der Waals surface area contributed by atoms with E-state index < -0.39 is 12.0 Å². The van der Waals surface area contributed by atoms with Gasteiger partial charge in [0.05, 0.1) is 13.2 Å². The van der Waals surface area contributed by atoms with Crippen molar-refractivity contribution in [1.82, 2.24) is 15.1 Å². The Morgan fingerprint density at radius 3 is 2.53 bits per heavy atom. The van der Waals surface area contributed by atoms with E-state index in [1.165, 1.54) is 4.90 Å². The molecule has 10 heteroatoms. The Balaban J connectivity index is 1.71. The van der Waals surface area contributed by atoms with Crippen LogP contribution in [0.1, 0.15) is 37.4 Å². The lowest BCUT2D eigenvalue weighted by Crippen LogP contribution is -2.47. The van der Waals surface area contributed by atoms with Crippen molar-refractivity contribution < 1.29 is 33.0 Å². The molecule has 0 saturated heterocycles. The number of hydrogen-bond donors (Lipinski definition) is 1. The molecule has 0 spiro atoms. The van der Waals surface area contributed by atoms with Gasteiger partial charge < -0.3 is 33.7 Å². The molecule has 10 nitrogen and oxygen atoms in total. The van der Waals surface area contributed by atoms with E-state index in [1.54, 1.807) is 11.8 Å². The summed E-state index contributed by atoms with van der Waals surface area (Å²) < 4.78 is 21.3. The molecule has 2 aromatic rings. The van der Waals surface area contributed by atoms with Crippen LogP contribution < -0.4 is 14.8 Å². The van der Waals surface area contributed by atoms with Gasteiger partial charge in [0.1, 0.15) is 24.6 Å². The highest BCUT2D eigenvalue weighted by Gasteiger charge is 2.23. The molecule has 1 aromatic heterocycles. The zero-order valence-electron chi connectivity index (χ0n) is 19.8. The zero-order chi connectivity index (χ0) is 24.5. The van der Waals surface area contributed by atoms with E-state index in [1.807, 2.05) is 44.2 Å². The van der Waals surface area contributed by atoms with Crippen LogP contribution in [0.5, 0.6) is 11.5 Å². The van der Waals surface area contributed by atoms with E-state index in [4.69, 9.17) is 18.6 Å². The van der Waals surface area contributed by atoms with E-state index >= 15 is 0 Å². The van der Waals surface area contributed by atoms with Crippen molar-refractivity contribution >= 4 is 17.9 Å². The molecule has 0 fully saturated rings. The second-order valence-electron chi connectivity index (χ2n) is 7.84. The monoisotopic (exact) mass is 473 g/mol. The summed E-state index contributed by atoms with van der Waals surface area (Å²) in [6.45, 7) is 6.32. The average Bonchev–Trinajstić information content (AvgIpc) is 3.45. The maximum Gasteiger partial charge on any atom is 0.325 e. The van der Waals surface area contributed by atoms with Crippen molar-refractivity contribution in [2.24, 2.45) is 0 Å². The minimum atomic E-state index is -0.531. The minimum Gasteiger partial charge on any atom is -0.465 e. The molecule has 184 valence electrons. The molecule has 0 aliphatic carbocycles. The van der Waals surface area contributed by atoms with Crippen LogP contribution in [0, 0.1) is 6.92 Å². The van der Waals surface area contributed by atoms with E-state index in [0.717, 1.165) is 11.3 Å². The fraction of sp³-hybridized carbons (Fsp3) is 0.458. The van der Waals surface area contributed by atoms with Crippen LogP contribution in [0.15, 0.2) is 34.7 Å². The number of carbonyl (C=O) groups is 3. The largest absolute Gasteiger partial charge is 0.465 e. The van der Waals surface area contributed by atoms with Crippen LogP contribution in [0.2, 0.25) is 0 Å². The molecular weight excluding hydrogens is 442 g/mol. The van der Waals surface area contributed by atoms with Crippen LogP contribution in [0.3, 0.4) is 0 Å². The third-order valence-corrected chi connectivity index (χ3v) is 5.10. The van der Waals surface area contributed by atoms with Gasteiger partial charge in [-0.3, -0.25) is 9.59 Å². The number of nitrogens with one attached hydrogen (secondary N) is 1. The number of esters is 1. The highest BCUT2D eigenvalue weighted by Crippen LogP contribution is 2.33. The standard InChI is InChI=1S/C24H31N3O7/c1-4-10-26(24(30)25-12-23(29)31-5-2)15-22(28)27(14-19-8-6-17(3)34-19)13-18-7-9-20-21(11-18)33-16-32-20/h6-9,11H,4-5,10,12-16H2,1-3H3,(H,25,30). The van der Waals surface area contributed by atoms with Gasteiger partial charge in [-0.05, 0) is 50.1 Å². The summed E-state index contributed by atoms with van der Waals surface area (Å²) >= 11 is 0. The van der Waals surface area contributed by atoms with Gasteiger partial charge >= 0.3 is 12.0 Å². The van der Waals surface area contributed by atoms with Gasteiger partial charge in [-0.1, -0.05) is 13.0 Å². The molecule has 1 N–H and O–H groups in total. The quantitative estimate of drug-likeness (QED) is 0.500. The van der Waals surface area contributed by atoms with Gasteiger partial charge in [0.15, 0.2) is 11.5 Å². The van der Waals surface area contributed by atoms with Crippen LogP contribution in [0.25, 0.3) is 0 Å². The summed E-state index contributed by atoms with van der Waals surface area (Å²) in [6.07, 6.45) is 0.652. The molecule has 2 heterocycles. The number of urea groups is 1. The van der Waals surface area contributed by atoms with E-state index in [9.17, 15) is 14.4 Å². The predicted molar refractivity (Wildman–Crippen MR) is 122 cm³/mol. The van der Waals surface area contributed by atoms with Crippen molar-refractivity contribution in [3.05, 3.63) is 47.4 Å². The van der Waals surface area contributed by atoms with E-state index in [2.05, 4.69) is 5.32 Å². The Bertz CT molecular complexity index is 1000. The van der Waals surface area contributed by atoms with E-state index in [-0.39, 0.29) is 38.9 Å². The number of nitrogens with zero attached hydrogens (tertiary/aromatic N) is 2. The number of hydrogen-bond acceptors (Lipinski definition) is 7. The summed E-state index contributed by atoms with van der Waals surface area (Å²) in [4.78, 5) is 40.6. The van der Waals surface area contributed by atoms with Gasteiger partial charge in [-0.2, -0.15) is 0 Å².